The second kappa shape index (κ2) is 6.89. The number of hydrogen-bond acceptors (Lipinski definition) is 8. The lowest BCUT2D eigenvalue weighted by molar-refractivity contribution is -0.130. The van der Waals surface area contributed by atoms with Crippen LogP contribution in [0.5, 0.6) is 11.5 Å². The number of carbonyl (C=O) groups is 1. The third-order valence-corrected chi connectivity index (χ3v) is 4.49. The van der Waals surface area contributed by atoms with E-state index in [9.17, 15) is 4.79 Å². The zero-order valence-electron chi connectivity index (χ0n) is 15.4. The van der Waals surface area contributed by atoms with Crippen molar-refractivity contribution in [3.63, 3.8) is 0 Å². The lowest BCUT2D eigenvalue weighted by atomic mass is 10.2. The number of aryl methyl sites for hydroxylation is 1. The molecule has 0 fully saturated rings. The van der Waals surface area contributed by atoms with Crippen LogP contribution in [-0.4, -0.2) is 43.4 Å². The normalized spacial score (nSPS) is 15.4. The van der Waals surface area contributed by atoms with E-state index in [0.717, 1.165) is 0 Å². The van der Waals surface area contributed by atoms with Crippen molar-refractivity contribution in [3.05, 3.63) is 54.2 Å². The van der Waals surface area contributed by atoms with Gasteiger partial charge in [-0.05, 0) is 31.2 Å². The van der Waals surface area contributed by atoms with Gasteiger partial charge in [0, 0.05) is 6.20 Å². The summed E-state index contributed by atoms with van der Waals surface area (Å²) in [5, 5.41) is 15.0. The number of rotatable bonds is 4. The Morgan fingerprint density at radius 3 is 2.90 bits per heavy atom. The number of nitrogens with zero attached hydrogens (tertiary/aromatic N) is 5. The minimum Gasteiger partial charge on any atom is -0.485 e. The number of para-hydroxylation sites is 2. The molecule has 5 rings (SSSR count). The predicted octanol–water partition coefficient (Wildman–Crippen LogP) is 1.54. The van der Waals surface area contributed by atoms with E-state index >= 15 is 0 Å². The van der Waals surface area contributed by atoms with Gasteiger partial charge in [0.2, 0.25) is 6.10 Å². The molecule has 10 nitrogen and oxygen atoms in total. The maximum Gasteiger partial charge on any atom is 0.265 e. The number of amides is 1. The van der Waals surface area contributed by atoms with Gasteiger partial charge < -0.3 is 19.3 Å². The highest BCUT2D eigenvalue weighted by Crippen LogP contribution is 2.30. The molecular formula is C19H16N6O4. The van der Waals surface area contributed by atoms with E-state index in [1.54, 1.807) is 29.7 Å². The molecule has 4 aromatic rings. The molecule has 0 aliphatic carbocycles. The van der Waals surface area contributed by atoms with Gasteiger partial charge in [-0.3, -0.25) is 9.20 Å². The van der Waals surface area contributed by atoms with Crippen molar-refractivity contribution in [2.24, 2.45) is 0 Å². The number of benzene rings is 1. The largest absolute Gasteiger partial charge is 0.485 e. The lowest BCUT2D eigenvalue weighted by Crippen LogP contribution is -2.43. The summed E-state index contributed by atoms with van der Waals surface area (Å²) in [5.41, 5.74) is 1.23. The summed E-state index contributed by atoms with van der Waals surface area (Å²) in [7, 11) is 0. The third-order valence-electron chi connectivity index (χ3n) is 4.49. The molecule has 10 heteroatoms. The average molecular weight is 392 g/mol. The van der Waals surface area contributed by atoms with Crippen molar-refractivity contribution in [3.8, 4) is 23.0 Å². The number of pyridine rings is 1. The van der Waals surface area contributed by atoms with E-state index in [2.05, 4.69) is 25.7 Å². The molecule has 1 N–H and O–H groups in total. The Balaban J connectivity index is 1.32. The Hall–Kier alpha value is -3.95. The van der Waals surface area contributed by atoms with E-state index in [-0.39, 0.29) is 19.1 Å². The van der Waals surface area contributed by atoms with Gasteiger partial charge >= 0.3 is 0 Å². The van der Waals surface area contributed by atoms with E-state index in [0.29, 0.717) is 40.2 Å². The van der Waals surface area contributed by atoms with Crippen molar-refractivity contribution in [1.29, 1.82) is 0 Å². The first-order valence-electron chi connectivity index (χ1n) is 8.98. The Morgan fingerprint density at radius 1 is 1.21 bits per heavy atom. The van der Waals surface area contributed by atoms with Crippen LogP contribution >= 0.6 is 0 Å². The summed E-state index contributed by atoms with van der Waals surface area (Å²) >= 11 is 0. The van der Waals surface area contributed by atoms with Crippen LogP contribution in [0.15, 0.2) is 47.1 Å². The van der Waals surface area contributed by atoms with Crippen molar-refractivity contribution in [2.75, 3.05) is 6.61 Å². The quantitative estimate of drug-likeness (QED) is 0.556. The Kier molecular flexibility index (Phi) is 4.08. The standard InChI is InChI=1S/C19H16N6O4/c1-11-21-19(29-24-11)12-5-4-8-25-16(22-23-17(12)25)9-20-18(26)15-10-27-13-6-2-3-7-14(13)28-15/h2-8,15H,9-10H2,1H3,(H,20,26). The SMILES string of the molecule is Cc1noc(-c2cccn3c(CNC(=O)C4COc5ccccc5O4)nnc23)n1. The summed E-state index contributed by atoms with van der Waals surface area (Å²) in [6.07, 6.45) is 1.07. The molecule has 1 aliphatic rings. The summed E-state index contributed by atoms with van der Waals surface area (Å²) in [6, 6.07) is 10.9. The Bertz CT molecular complexity index is 1200. The van der Waals surface area contributed by atoms with Gasteiger partial charge in [-0.15, -0.1) is 10.2 Å². The number of carbonyl (C=O) groups excluding carboxylic acids is 1. The molecule has 1 aliphatic heterocycles. The fourth-order valence-electron chi connectivity index (χ4n) is 3.09. The zero-order valence-corrected chi connectivity index (χ0v) is 15.4. The monoisotopic (exact) mass is 392 g/mol. The van der Waals surface area contributed by atoms with Gasteiger partial charge in [-0.2, -0.15) is 4.98 Å². The summed E-state index contributed by atoms with van der Waals surface area (Å²) in [6.45, 7) is 2.06. The van der Waals surface area contributed by atoms with E-state index in [1.165, 1.54) is 0 Å². The minimum atomic E-state index is -0.735. The smallest absolute Gasteiger partial charge is 0.265 e. The van der Waals surface area contributed by atoms with Crippen LogP contribution in [-0.2, 0) is 11.3 Å². The molecule has 146 valence electrons. The topological polar surface area (TPSA) is 117 Å². The first-order chi connectivity index (χ1) is 14.2. The average Bonchev–Trinajstić information content (AvgIpc) is 3.37. The van der Waals surface area contributed by atoms with Crippen molar-refractivity contribution in [1.82, 2.24) is 30.1 Å². The highest BCUT2D eigenvalue weighted by molar-refractivity contribution is 5.81. The van der Waals surface area contributed by atoms with Crippen LogP contribution < -0.4 is 14.8 Å². The fraction of sp³-hybridized carbons (Fsp3) is 0.211. The van der Waals surface area contributed by atoms with Crippen molar-refractivity contribution >= 4 is 11.6 Å². The predicted molar refractivity (Wildman–Crippen MR) is 99.2 cm³/mol. The number of aromatic nitrogens is 5. The van der Waals surface area contributed by atoms with Gasteiger partial charge in [0.1, 0.15) is 6.61 Å². The zero-order chi connectivity index (χ0) is 19.8. The fourth-order valence-corrected chi connectivity index (χ4v) is 3.09. The molecule has 1 amide bonds. The second-order valence-corrected chi connectivity index (χ2v) is 6.46. The van der Waals surface area contributed by atoms with Crippen LogP contribution in [0, 0.1) is 6.92 Å². The first kappa shape index (κ1) is 17.2. The summed E-state index contributed by atoms with van der Waals surface area (Å²) < 4.78 is 18.3. The van der Waals surface area contributed by atoms with E-state index in [4.69, 9.17) is 14.0 Å². The lowest BCUT2D eigenvalue weighted by Gasteiger charge is -2.25. The molecule has 1 aromatic carbocycles. The molecule has 4 heterocycles. The minimum absolute atomic E-state index is 0.143. The number of ether oxygens (including phenoxy) is 2. The third kappa shape index (κ3) is 3.14. The van der Waals surface area contributed by atoms with Crippen LogP contribution in [0.1, 0.15) is 11.6 Å². The van der Waals surface area contributed by atoms with E-state index in [1.807, 2.05) is 24.3 Å². The summed E-state index contributed by atoms with van der Waals surface area (Å²) in [5.74, 6) is 2.34. The van der Waals surface area contributed by atoms with Gasteiger partial charge in [0.05, 0.1) is 12.1 Å². The Morgan fingerprint density at radius 2 is 2.07 bits per heavy atom. The van der Waals surface area contributed by atoms with Gasteiger partial charge in [0.25, 0.3) is 11.8 Å². The van der Waals surface area contributed by atoms with Gasteiger partial charge in [-0.25, -0.2) is 0 Å². The van der Waals surface area contributed by atoms with Crippen LogP contribution in [0.4, 0.5) is 0 Å². The second-order valence-electron chi connectivity index (χ2n) is 6.46. The molecular weight excluding hydrogens is 376 g/mol. The molecule has 0 saturated heterocycles. The highest BCUT2D eigenvalue weighted by atomic mass is 16.6. The summed E-state index contributed by atoms with van der Waals surface area (Å²) in [4.78, 5) is 16.8. The molecule has 1 unspecified atom stereocenters. The highest BCUT2D eigenvalue weighted by Gasteiger charge is 2.27. The van der Waals surface area contributed by atoms with Gasteiger partial charge in [-0.1, -0.05) is 17.3 Å². The van der Waals surface area contributed by atoms with E-state index < -0.39 is 6.10 Å². The molecule has 0 saturated carbocycles. The van der Waals surface area contributed by atoms with Crippen molar-refractivity contribution in [2.45, 2.75) is 19.6 Å². The molecule has 0 bridgehead atoms. The van der Waals surface area contributed by atoms with Crippen LogP contribution in [0.3, 0.4) is 0 Å². The molecule has 3 aromatic heterocycles. The number of nitrogens with one attached hydrogen (secondary N) is 1. The molecule has 0 radical (unpaired) electrons. The molecule has 1 atom stereocenters. The maximum atomic E-state index is 12.5. The van der Waals surface area contributed by atoms with Crippen LogP contribution in [0.25, 0.3) is 17.1 Å². The van der Waals surface area contributed by atoms with Crippen molar-refractivity contribution < 1.29 is 18.8 Å². The van der Waals surface area contributed by atoms with Crippen LogP contribution in [0.2, 0.25) is 0 Å². The first-order valence-corrected chi connectivity index (χ1v) is 8.98. The number of hydrogen-bond donors (Lipinski definition) is 1. The Labute approximate surface area is 164 Å². The molecule has 29 heavy (non-hydrogen) atoms. The molecule has 0 spiro atoms. The van der Waals surface area contributed by atoms with Gasteiger partial charge in [0.15, 0.2) is 28.8 Å². The maximum absolute atomic E-state index is 12.5. The number of fused-ring (bicyclic) bond motifs is 2.